The number of unbranched alkanes of at least 4 members (excludes halogenated alkanes) is 1. The van der Waals surface area contributed by atoms with Crippen LogP contribution in [0.25, 0.3) is 0 Å². The molecule has 2 rings (SSSR count). The van der Waals surface area contributed by atoms with Crippen molar-refractivity contribution < 1.29 is 17.9 Å². The van der Waals surface area contributed by atoms with Crippen LogP contribution in [-0.2, 0) is 14.8 Å². The van der Waals surface area contributed by atoms with Gasteiger partial charge in [0, 0.05) is 19.6 Å². The summed E-state index contributed by atoms with van der Waals surface area (Å²) < 4.78 is 32.2. The molecule has 1 aromatic rings. The molecule has 6 nitrogen and oxygen atoms in total. The number of carbonyl (C=O) groups excluding carboxylic acids is 1. The molecule has 1 saturated heterocycles. The molecule has 1 N–H and O–H groups in total. The molecule has 1 aliphatic rings. The minimum Gasteiger partial charge on any atom is -0.379 e. The molecule has 1 unspecified atom stereocenters. The van der Waals surface area contributed by atoms with Crippen LogP contribution in [0.5, 0.6) is 0 Å². The first-order valence-electron chi connectivity index (χ1n) is 8.94. The van der Waals surface area contributed by atoms with Gasteiger partial charge in [0.15, 0.2) is 0 Å². The summed E-state index contributed by atoms with van der Waals surface area (Å²) in [5, 5.41) is 4.59. The lowest BCUT2D eigenvalue weighted by atomic mass is 9.99. The van der Waals surface area contributed by atoms with Gasteiger partial charge < -0.3 is 10.1 Å². The molecule has 0 saturated carbocycles. The molecule has 142 valence electrons. The van der Waals surface area contributed by atoms with E-state index in [0.29, 0.717) is 38.8 Å². The molecule has 1 aliphatic heterocycles. The molecule has 1 fully saturated rings. The number of morpholine rings is 1. The Morgan fingerprint density at radius 3 is 2.72 bits per heavy atom. The predicted molar refractivity (Wildman–Crippen MR) is 99.5 cm³/mol. The molecule has 0 aliphatic carbocycles. The third-order valence-electron chi connectivity index (χ3n) is 4.52. The minimum absolute atomic E-state index is 0.110. The molecule has 2 heterocycles. The van der Waals surface area contributed by atoms with Crippen molar-refractivity contribution in [2.45, 2.75) is 44.4 Å². The van der Waals surface area contributed by atoms with Crippen molar-refractivity contribution in [1.82, 2.24) is 9.62 Å². The van der Waals surface area contributed by atoms with Crippen molar-refractivity contribution in [2.24, 2.45) is 5.92 Å². The van der Waals surface area contributed by atoms with Gasteiger partial charge in [-0.2, -0.15) is 4.31 Å². The molecule has 0 bridgehead atoms. The van der Waals surface area contributed by atoms with E-state index in [2.05, 4.69) is 19.2 Å². The molecule has 1 atom stereocenters. The Morgan fingerprint density at radius 2 is 2.08 bits per heavy atom. The Hall–Kier alpha value is -0.960. The Balaban J connectivity index is 2.05. The summed E-state index contributed by atoms with van der Waals surface area (Å²) in [6, 6.07) is 1.53. The summed E-state index contributed by atoms with van der Waals surface area (Å²) in [5.41, 5.74) is 0. The molecule has 8 heteroatoms. The molecule has 1 amide bonds. The largest absolute Gasteiger partial charge is 0.379 e. The van der Waals surface area contributed by atoms with Gasteiger partial charge >= 0.3 is 0 Å². The minimum atomic E-state index is -3.65. The standard InChI is InChI=1S/C17H28N2O4S2/c1-3-5-6-14(4-2)13-18-17(20)16-15(7-12-24-16)25(21,22)19-8-10-23-11-9-19/h7,12,14H,3-6,8-11,13H2,1-2H3,(H,18,20). The van der Waals surface area contributed by atoms with Crippen LogP contribution in [0, 0.1) is 5.92 Å². The van der Waals surface area contributed by atoms with E-state index in [4.69, 9.17) is 4.74 Å². The van der Waals surface area contributed by atoms with Crippen molar-refractivity contribution in [3.63, 3.8) is 0 Å². The van der Waals surface area contributed by atoms with Crippen molar-refractivity contribution in [1.29, 1.82) is 0 Å². The van der Waals surface area contributed by atoms with Gasteiger partial charge in [0.25, 0.3) is 5.91 Å². The van der Waals surface area contributed by atoms with Gasteiger partial charge in [0.05, 0.1) is 13.2 Å². The smallest absolute Gasteiger partial charge is 0.262 e. The summed E-state index contributed by atoms with van der Waals surface area (Å²) in [4.78, 5) is 12.9. The molecule has 0 spiro atoms. The maximum Gasteiger partial charge on any atom is 0.262 e. The van der Waals surface area contributed by atoms with Crippen LogP contribution in [-0.4, -0.2) is 51.5 Å². The number of carbonyl (C=O) groups is 1. The van der Waals surface area contributed by atoms with Gasteiger partial charge in [-0.15, -0.1) is 11.3 Å². The van der Waals surface area contributed by atoms with Crippen LogP contribution in [0.2, 0.25) is 0 Å². The number of rotatable bonds is 9. The second-order valence-corrected chi connectivity index (χ2v) is 9.08. The average Bonchev–Trinajstić information content (AvgIpc) is 3.13. The van der Waals surface area contributed by atoms with E-state index in [9.17, 15) is 13.2 Å². The first kappa shape index (κ1) is 20.4. The summed E-state index contributed by atoms with van der Waals surface area (Å²) in [6.45, 7) is 6.29. The summed E-state index contributed by atoms with van der Waals surface area (Å²) >= 11 is 1.18. The van der Waals surface area contributed by atoms with Crippen LogP contribution in [0.3, 0.4) is 0 Å². The van der Waals surface area contributed by atoms with Crippen molar-refractivity contribution >= 4 is 27.3 Å². The number of sulfonamides is 1. The van der Waals surface area contributed by atoms with Gasteiger partial charge in [-0.05, 0) is 23.8 Å². The van der Waals surface area contributed by atoms with Crippen LogP contribution in [0.4, 0.5) is 0 Å². The van der Waals surface area contributed by atoms with Crippen LogP contribution >= 0.6 is 11.3 Å². The first-order valence-corrected chi connectivity index (χ1v) is 11.3. The van der Waals surface area contributed by atoms with Crippen molar-refractivity contribution in [2.75, 3.05) is 32.8 Å². The highest BCUT2D eigenvalue weighted by molar-refractivity contribution is 7.89. The Kier molecular flexibility index (Phi) is 7.86. The number of ether oxygens (including phenoxy) is 1. The molecule has 0 radical (unpaired) electrons. The third kappa shape index (κ3) is 5.26. The van der Waals surface area contributed by atoms with Crippen LogP contribution in [0.1, 0.15) is 49.2 Å². The topological polar surface area (TPSA) is 75.7 Å². The highest BCUT2D eigenvalue weighted by Crippen LogP contribution is 2.26. The third-order valence-corrected chi connectivity index (χ3v) is 7.50. The zero-order valence-electron chi connectivity index (χ0n) is 15.0. The van der Waals surface area contributed by atoms with Gasteiger partial charge in [0.2, 0.25) is 10.0 Å². The van der Waals surface area contributed by atoms with Gasteiger partial charge in [-0.1, -0.05) is 33.1 Å². The van der Waals surface area contributed by atoms with Crippen LogP contribution < -0.4 is 5.32 Å². The Bertz CT molecular complexity index is 651. The maximum absolute atomic E-state index is 12.8. The molecule has 0 aromatic carbocycles. The fraction of sp³-hybridized carbons (Fsp3) is 0.706. The van der Waals surface area contributed by atoms with E-state index in [0.717, 1.165) is 25.7 Å². The molecule has 25 heavy (non-hydrogen) atoms. The highest BCUT2D eigenvalue weighted by atomic mass is 32.2. The lowest BCUT2D eigenvalue weighted by molar-refractivity contribution is 0.0730. The average molecular weight is 389 g/mol. The van der Waals surface area contributed by atoms with E-state index in [-0.39, 0.29) is 15.7 Å². The molecule has 1 aromatic heterocycles. The lowest BCUT2D eigenvalue weighted by Crippen LogP contribution is -2.41. The predicted octanol–water partition coefficient (Wildman–Crippen LogP) is 2.72. The van der Waals surface area contributed by atoms with E-state index in [1.165, 1.54) is 21.7 Å². The zero-order valence-corrected chi connectivity index (χ0v) is 16.6. The lowest BCUT2D eigenvalue weighted by Gasteiger charge is -2.26. The Labute approximate surface area is 154 Å². The second-order valence-electron chi connectivity index (χ2n) is 6.26. The van der Waals surface area contributed by atoms with Crippen molar-refractivity contribution in [3.8, 4) is 0 Å². The van der Waals surface area contributed by atoms with Crippen molar-refractivity contribution in [3.05, 3.63) is 16.3 Å². The fourth-order valence-corrected chi connectivity index (χ4v) is 5.58. The monoisotopic (exact) mass is 388 g/mol. The SMILES string of the molecule is CCCCC(CC)CNC(=O)c1sccc1S(=O)(=O)N1CCOCC1. The normalized spacial score (nSPS) is 17.4. The summed E-state index contributed by atoms with van der Waals surface area (Å²) in [7, 11) is -3.65. The maximum atomic E-state index is 12.8. The number of nitrogens with zero attached hydrogens (tertiary/aromatic N) is 1. The number of hydrogen-bond acceptors (Lipinski definition) is 5. The van der Waals surface area contributed by atoms with Gasteiger partial charge in [0.1, 0.15) is 9.77 Å². The number of hydrogen-bond donors (Lipinski definition) is 1. The van der Waals surface area contributed by atoms with Crippen LogP contribution in [0.15, 0.2) is 16.3 Å². The summed E-state index contributed by atoms with van der Waals surface area (Å²) in [5.74, 6) is 0.139. The van der Waals surface area contributed by atoms with E-state index in [1.54, 1.807) is 5.38 Å². The van der Waals surface area contributed by atoms with E-state index >= 15 is 0 Å². The fourth-order valence-electron chi connectivity index (χ4n) is 2.85. The highest BCUT2D eigenvalue weighted by Gasteiger charge is 2.31. The van der Waals surface area contributed by atoms with Gasteiger partial charge in [-0.3, -0.25) is 4.79 Å². The number of amides is 1. The van der Waals surface area contributed by atoms with E-state index < -0.39 is 10.0 Å². The molecular formula is C17H28N2O4S2. The second kappa shape index (κ2) is 9.66. The first-order chi connectivity index (χ1) is 12.0. The number of nitrogens with one attached hydrogen (secondary N) is 1. The summed E-state index contributed by atoms with van der Waals surface area (Å²) in [6.07, 6.45) is 4.36. The van der Waals surface area contributed by atoms with Gasteiger partial charge in [-0.25, -0.2) is 8.42 Å². The number of thiophene rings is 1. The van der Waals surface area contributed by atoms with E-state index in [1.807, 2.05) is 0 Å². The molecular weight excluding hydrogens is 360 g/mol. The zero-order chi connectivity index (χ0) is 18.3. The quantitative estimate of drug-likeness (QED) is 0.706. The Morgan fingerprint density at radius 1 is 1.36 bits per heavy atom.